The van der Waals surface area contributed by atoms with Crippen LogP contribution in [-0.2, 0) is 11.4 Å². The summed E-state index contributed by atoms with van der Waals surface area (Å²) in [4.78, 5) is 30.8. The number of thioether (sulfide) groups is 1. The Bertz CT molecular complexity index is 1320. The highest BCUT2D eigenvalue weighted by Crippen LogP contribution is 2.35. The Labute approximate surface area is 229 Å². The molecule has 0 spiro atoms. The van der Waals surface area contributed by atoms with Crippen LogP contribution in [0.4, 0.5) is 5.69 Å². The van der Waals surface area contributed by atoms with Gasteiger partial charge in [-0.25, -0.2) is 9.79 Å². The first kappa shape index (κ1) is 25.5. The molecule has 0 aromatic heterocycles. The van der Waals surface area contributed by atoms with Crippen molar-refractivity contribution in [1.29, 1.82) is 0 Å². The molecule has 1 N–H and O–H groups in total. The molecule has 0 aliphatic carbocycles. The third-order valence-corrected chi connectivity index (χ3v) is 7.45. The van der Waals surface area contributed by atoms with Crippen molar-refractivity contribution in [2.24, 2.45) is 4.99 Å². The lowest BCUT2D eigenvalue weighted by atomic mass is 10.2. The summed E-state index contributed by atoms with van der Waals surface area (Å²) in [5.74, 6) is -0.389. The van der Waals surface area contributed by atoms with Crippen molar-refractivity contribution in [2.75, 3.05) is 6.54 Å². The highest BCUT2D eigenvalue weighted by atomic mass is 127. The summed E-state index contributed by atoms with van der Waals surface area (Å²) in [7, 11) is 0. The summed E-state index contributed by atoms with van der Waals surface area (Å²) in [6.45, 7) is 2.83. The molecule has 0 bridgehead atoms. The lowest BCUT2D eigenvalue weighted by Crippen LogP contribution is -2.28. The Morgan fingerprint density at radius 3 is 2.49 bits per heavy atom. The van der Waals surface area contributed by atoms with E-state index in [1.807, 2.05) is 55.5 Å². The van der Waals surface area contributed by atoms with Crippen molar-refractivity contribution >= 4 is 79.1 Å². The number of carbonyl (C=O) groups is 2. The highest BCUT2D eigenvalue weighted by Gasteiger charge is 2.32. The predicted molar refractivity (Wildman–Crippen MR) is 151 cm³/mol. The van der Waals surface area contributed by atoms with Crippen LogP contribution in [-0.4, -0.2) is 33.6 Å². The molecule has 0 saturated carbocycles. The van der Waals surface area contributed by atoms with E-state index in [-0.39, 0.29) is 11.5 Å². The fraction of sp³-hybridized carbons (Fsp3) is 0.115. The molecule has 9 heteroatoms. The van der Waals surface area contributed by atoms with Crippen LogP contribution in [0.15, 0.2) is 81.1 Å². The molecule has 6 nitrogen and oxygen atoms in total. The van der Waals surface area contributed by atoms with E-state index in [2.05, 4.69) is 43.5 Å². The molecule has 1 heterocycles. The molecule has 0 unspecified atom stereocenters. The van der Waals surface area contributed by atoms with Crippen molar-refractivity contribution in [3.63, 3.8) is 0 Å². The van der Waals surface area contributed by atoms with Crippen LogP contribution < -0.4 is 4.74 Å². The van der Waals surface area contributed by atoms with Crippen LogP contribution in [0.2, 0.25) is 0 Å². The Morgan fingerprint density at radius 2 is 1.86 bits per heavy atom. The van der Waals surface area contributed by atoms with Crippen LogP contribution in [0.1, 0.15) is 28.4 Å². The molecule has 35 heavy (non-hydrogen) atoms. The number of carbonyl (C=O) groups excluding carboxylic acids is 1. The number of aromatic carboxylic acids is 1. The maximum Gasteiger partial charge on any atom is 0.335 e. The van der Waals surface area contributed by atoms with Gasteiger partial charge < -0.3 is 9.84 Å². The second kappa shape index (κ2) is 11.4. The third-order valence-electron chi connectivity index (χ3n) is 5.10. The average molecular weight is 663 g/mol. The zero-order valence-corrected chi connectivity index (χ0v) is 23.1. The summed E-state index contributed by atoms with van der Waals surface area (Å²) in [6.07, 6.45) is 1.83. The van der Waals surface area contributed by atoms with Crippen LogP contribution >= 0.6 is 50.3 Å². The third kappa shape index (κ3) is 6.33. The number of nitrogens with zero attached hydrogens (tertiary/aromatic N) is 2. The monoisotopic (exact) mass is 662 g/mol. The van der Waals surface area contributed by atoms with E-state index in [0.717, 1.165) is 21.3 Å². The standard InChI is InChI=1S/C26H20BrIN2O4S/c1-2-30-24(31)23(35-26(30)29-20-10-6-18(7-11-20)25(32)33)14-17-5-12-22(21(27)13-17)34-15-16-3-8-19(28)9-4-16/h3-14H,2,15H2,1H3,(H,32,33)/b23-14-,29-26?. The molecule has 1 aliphatic heterocycles. The van der Waals surface area contributed by atoms with Gasteiger partial charge >= 0.3 is 5.97 Å². The molecular formula is C26H20BrIN2O4S. The second-order valence-corrected chi connectivity index (χ2v) is 10.6. The van der Waals surface area contributed by atoms with E-state index in [1.165, 1.54) is 27.5 Å². The Hall–Kier alpha value is -2.63. The SMILES string of the molecule is CCN1C(=O)/C(=C/c2ccc(OCc3ccc(I)cc3)c(Br)c2)SC1=Nc1ccc(C(=O)O)cc1. The number of aliphatic imine (C=N–C) groups is 1. The topological polar surface area (TPSA) is 79.2 Å². The van der Waals surface area contributed by atoms with E-state index < -0.39 is 5.97 Å². The van der Waals surface area contributed by atoms with Gasteiger partial charge in [0.1, 0.15) is 12.4 Å². The number of benzene rings is 3. The summed E-state index contributed by atoms with van der Waals surface area (Å²) in [5.41, 5.74) is 2.72. The largest absolute Gasteiger partial charge is 0.488 e. The van der Waals surface area contributed by atoms with E-state index in [1.54, 1.807) is 17.0 Å². The Morgan fingerprint density at radius 1 is 1.14 bits per heavy atom. The molecule has 1 amide bonds. The number of likely N-dealkylation sites (N-methyl/N-ethyl adjacent to an activating group) is 1. The number of hydrogen-bond acceptors (Lipinski definition) is 5. The first-order chi connectivity index (χ1) is 16.8. The molecular weight excluding hydrogens is 643 g/mol. The minimum absolute atomic E-state index is 0.117. The van der Waals surface area contributed by atoms with Crippen molar-refractivity contribution in [3.05, 3.63) is 96.4 Å². The van der Waals surface area contributed by atoms with Crippen molar-refractivity contribution in [2.45, 2.75) is 13.5 Å². The summed E-state index contributed by atoms with van der Waals surface area (Å²) < 4.78 is 7.92. The fourth-order valence-electron chi connectivity index (χ4n) is 3.28. The van der Waals surface area contributed by atoms with Gasteiger partial charge in [-0.3, -0.25) is 9.69 Å². The van der Waals surface area contributed by atoms with Gasteiger partial charge in [0.25, 0.3) is 5.91 Å². The number of carboxylic acid groups (broad SMARTS) is 1. The van der Waals surface area contributed by atoms with Crippen molar-refractivity contribution < 1.29 is 19.4 Å². The number of ether oxygens (including phenoxy) is 1. The van der Waals surface area contributed by atoms with Crippen molar-refractivity contribution in [3.8, 4) is 5.75 Å². The molecule has 3 aromatic rings. The summed E-state index contributed by atoms with van der Waals surface area (Å²) in [5, 5.41) is 9.62. The number of amidine groups is 1. The van der Waals surface area contributed by atoms with Gasteiger partial charge in [-0.2, -0.15) is 0 Å². The first-order valence-electron chi connectivity index (χ1n) is 10.6. The Balaban J connectivity index is 1.50. The molecule has 178 valence electrons. The second-order valence-electron chi connectivity index (χ2n) is 7.51. The highest BCUT2D eigenvalue weighted by molar-refractivity contribution is 14.1. The maximum absolute atomic E-state index is 13.0. The van der Waals surface area contributed by atoms with Gasteiger partial charge in [0.05, 0.1) is 20.6 Å². The number of rotatable bonds is 7. The quantitative estimate of drug-likeness (QED) is 0.219. The van der Waals surface area contributed by atoms with Gasteiger partial charge in [-0.1, -0.05) is 18.2 Å². The van der Waals surface area contributed by atoms with E-state index in [4.69, 9.17) is 9.84 Å². The molecule has 1 saturated heterocycles. The van der Waals surface area contributed by atoms with Gasteiger partial charge in [-0.05, 0) is 123 Å². The Kier molecular flexibility index (Phi) is 8.30. The van der Waals surface area contributed by atoms with Gasteiger partial charge in [-0.15, -0.1) is 0 Å². The number of hydrogen-bond donors (Lipinski definition) is 1. The van der Waals surface area contributed by atoms with Crippen LogP contribution in [0.25, 0.3) is 6.08 Å². The minimum atomic E-state index is -0.993. The van der Waals surface area contributed by atoms with Gasteiger partial charge in [0.15, 0.2) is 5.17 Å². The van der Waals surface area contributed by atoms with E-state index in [9.17, 15) is 9.59 Å². The molecule has 0 radical (unpaired) electrons. The van der Waals surface area contributed by atoms with Gasteiger partial charge in [0, 0.05) is 10.1 Å². The van der Waals surface area contributed by atoms with Crippen LogP contribution in [0.3, 0.4) is 0 Å². The first-order valence-corrected chi connectivity index (χ1v) is 13.3. The van der Waals surface area contributed by atoms with Crippen LogP contribution in [0.5, 0.6) is 5.75 Å². The maximum atomic E-state index is 13.0. The number of halogens is 2. The molecule has 4 rings (SSSR count). The number of amides is 1. The van der Waals surface area contributed by atoms with Crippen molar-refractivity contribution in [1.82, 2.24) is 4.90 Å². The lowest BCUT2D eigenvalue weighted by Gasteiger charge is -2.12. The van der Waals surface area contributed by atoms with Gasteiger partial charge in [0.2, 0.25) is 0 Å². The molecule has 0 atom stereocenters. The number of carboxylic acids is 1. The lowest BCUT2D eigenvalue weighted by molar-refractivity contribution is -0.122. The molecule has 1 aliphatic rings. The average Bonchev–Trinajstić information content (AvgIpc) is 3.13. The molecule has 1 fully saturated rings. The zero-order chi connectivity index (χ0) is 24.9. The van der Waals surface area contributed by atoms with Crippen LogP contribution in [0, 0.1) is 3.57 Å². The fourth-order valence-corrected chi connectivity index (χ4v) is 5.21. The summed E-state index contributed by atoms with van der Waals surface area (Å²) in [6, 6.07) is 20.1. The summed E-state index contributed by atoms with van der Waals surface area (Å²) >= 11 is 7.14. The normalized spacial score (nSPS) is 15.7. The smallest absolute Gasteiger partial charge is 0.335 e. The molecule has 3 aromatic carbocycles. The van der Waals surface area contributed by atoms with E-state index in [0.29, 0.717) is 28.9 Å². The zero-order valence-electron chi connectivity index (χ0n) is 18.6. The van der Waals surface area contributed by atoms with E-state index >= 15 is 0 Å². The predicted octanol–water partition coefficient (Wildman–Crippen LogP) is 6.95. The minimum Gasteiger partial charge on any atom is -0.488 e.